The zero-order valence-corrected chi connectivity index (χ0v) is 17.2. The number of β-lactam (4-membered cyclic amide) rings is 1. The largest absolute Gasteiger partial charge is 0.477 e. The molecule has 3 heterocycles. The van der Waals surface area contributed by atoms with Crippen LogP contribution in [0.2, 0.25) is 0 Å². The zero-order chi connectivity index (χ0) is 20.4. The number of aromatic nitrogens is 1. The van der Waals surface area contributed by atoms with Crippen molar-refractivity contribution in [3.05, 3.63) is 22.3 Å². The molecule has 2 amide bonds. The van der Waals surface area contributed by atoms with Crippen molar-refractivity contribution in [1.29, 1.82) is 0 Å². The number of amides is 2. The summed E-state index contributed by atoms with van der Waals surface area (Å²) in [6, 6.07) is -0.735. The molecule has 3 atom stereocenters. The van der Waals surface area contributed by atoms with Gasteiger partial charge in [0.2, 0.25) is 5.91 Å². The summed E-state index contributed by atoms with van der Waals surface area (Å²) >= 11 is 2.76. The molecule has 0 bridgehead atoms. The molecule has 2 aliphatic heterocycles. The normalized spacial score (nSPS) is 22.5. The Kier molecular flexibility index (Phi) is 6.26. The number of aliphatic carboxylic acids is 1. The van der Waals surface area contributed by atoms with E-state index < -0.39 is 29.2 Å². The molecule has 3 unspecified atom stereocenters. The number of H-pyrrole nitrogens is 1. The number of methoxy groups -OCH3 is 1. The van der Waals surface area contributed by atoms with Gasteiger partial charge in [-0.3, -0.25) is 20.2 Å². The van der Waals surface area contributed by atoms with Gasteiger partial charge in [0.1, 0.15) is 28.7 Å². The number of thioether (sulfide) groups is 1. The SMILES string of the molecule is COCCCC(C(=O)NC1C(=O)N2C(C(=O)O)=C(C)CSC12)c1csc(N)[nH+]1. The fourth-order valence-electron chi connectivity index (χ4n) is 3.39. The Hall–Kier alpha value is -2.11. The number of aromatic amines is 1. The fourth-order valence-corrected chi connectivity index (χ4v) is 5.33. The predicted octanol–water partition coefficient (Wildman–Crippen LogP) is 0.413. The van der Waals surface area contributed by atoms with E-state index in [1.54, 1.807) is 19.4 Å². The third kappa shape index (κ3) is 3.87. The van der Waals surface area contributed by atoms with Crippen LogP contribution in [0.3, 0.4) is 0 Å². The number of nitrogens with two attached hydrogens (primary N) is 1. The number of carboxylic acid groups (broad SMARTS) is 1. The first-order valence-corrected chi connectivity index (χ1v) is 10.7. The number of nitrogen functional groups attached to an aromatic ring is 1. The average Bonchev–Trinajstić information content (AvgIpc) is 3.08. The molecule has 1 saturated heterocycles. The Morgan fingerprint density at radius 3 is 2.89 bits per heavy atom. The molecule has 0 saturated carbocycles. The van der Waals surface area contributed by atoms with E-state index in [9.17, 15) is 19.5 Å². The van der Waals surface area contributed by atoms with Gasteiger partial charge in [0.05, 0.1) is 0 Å². The smallest absolute Gasteiger partial charge is 0.352 e. The number of thiazole rings is 1. The molecule has 5 N–H and O–H groups in total. The summed E-state index contributed by atoms with van der Waals surface area (Å²) in [6.07, 6.45) is 1.21. The van der Waals surface area contributed by atoms with Gasteiger partial charge in [0, 0.05) is 24.8 Å². The average molecular weight is 428 g/mol. The summed E-state index contributed by atoms with van der Waals surface area (Å²) in [4.78, 5) is 41.3. The molecule has 0 radical (unpaired) electrons. The number of fused-ring (bicyclic) bond motifs is 1. The number of carboxylic acids is 1. The van der Waals surface area contributed by atoms with E-state index in [2.05, 4.69) is 10.3 Å². The highest BCUT2D eigenvalue weighted by Gasteiger charge is 2.54. The van der Waals surface area contributed by atoms with Gasteiger partial charge in [-0.2, -0.15) is 0 Å². The van der Waals surface area contributed by atoms with Crippen molar-refractivity contribution in [3.63, 3.8) is 0 Å². The van der Waals surface area contributed by atoms with E-state index >= 15 is 0 Å². The molecule has 28 heavy (non-hydrogen) atoms. The number of hydrogen-bond donors (Lipinski definition) is 3. The van der Waals surface area contributed by atoms with Crippen LogP contribution in [0.5, 0.6) is 0 Å². The molecule has 1 aromatic rings. The second-order valence-electron chi connectivity index (χ2n) is 6.70. The van der Waals surface area contributed by atoms with E-state index in [1.165, 1.54) is 28.0 Å². The van der Waals surface area contributed by atoms with Crippen LogP contribution in [0.4, 0.5) is 5.13 Å². The molecule has 11 heteroatoms. The van der Waals surface area contributed by atoms with Gasteiger partial charge in [-0.05, 0) is 25.3 Å². The summed E-state index contributed by atoms with van der Waals surface area (Å²) in [5.41, 5.74) is 7.12. The molecule has 1 fully saturated rings. The van der Waals surface area contributed by atoms with E-state index in [1.807, 2.05) is 0 Å². The number of nitrogens with one attached hydrogen (secondary N) is 2. The van der Waals surface area contributed by atoms with E-state index in [0.717, 1.165) is 0 Å². The molecule has 152 valence electrons. The first-order chi connectivity index (χ1) is 13.3. The van der Waals surface area contributed by atoms with Gasteiger partial charge in [-0.25, -0.2) is 9.78 Å². The third-order valence-corrected chi connectivity index (χ3v) is 6.92. The van der Waals surface area contributed by atoms with Crippen molar-refractivity contribution in [2.75, 3.05) is 25.2 Å². The van der Waals surface area contributed by atoms with Crippen LogP contribution in [-0.2, 0) is 19.1 Å². The van der Waals surface area contributed by atoms with Crippen molar-refractivity contribution < 1.29 is 29.2 Å². The minimum Gasteiger partial charge on any atom is -0.477 e. The van der Waals surface area contributed by atoms with Gasteiger partial charge >= 0.3 is 11.1 Å². The van der Waals surface area contributed by atoms with E-state index in [4.69, 9.17) is 10.5 Å². The van der Waals surface area contributed by atoms with E-state index in [0.29, 0.717) is 41.6 Å². The summed E-state index contributed by atoms with van der Waals surface area (Å²) in [6.45, 7) is 2.22. The summed E-state index contributed by atoms with van der Waals surface area (Å²) in [5.74, 6) is -1.79. The van der Waals surface area contributed by atoms with Crippen LogP contribution in [0.25, 0.3) is 0 Å². The Labute approximate surface area is 170 Å². The van der Waals surface area contributed by atoms with Crippen LogP contribution >= 0.6 is 23.1 Å². The molecule has 3 rings (SSSR count). The zero-order valence-electron chi connectivity index (χ0n) is 15.6. The number of nitrogens with zero attached hydrogens (tertiary/aromatic N) is 1. The molecule has 9 nitrogen and oxygen atoms in total. The minimum absolute atomic E-state index is 0.0230. The monoisotopic (exact) mass is 427 g/mol. The van der Waals surface area contributed by atoms with E-state index in [-0.39, 0.29) is 11.6 Å². The Morgan fingerprint density at radius 2 is 2.29 bits per heavy atom. The Bertz CT molecular complexity index is 824. The number of hydrogen-bond acceptors (Lipinski definition) is 7. The second kappa shape index (κ2) is 8.50. The van der Waals surface area contributed by atoms with Gasteiger partial charge in [0.25, 0.3) is 5.91 Å². The van der Waals surface area contributed by atoms with Crippen LogP contribution in [0, 0.1) is 0 Å². The third-order valence-electron chi connectivity index (χ3n) is 4.77. The van der Waals surface area contributed by atoms with Crippen LogP contribution < -0.4 is 16.0 Å². The number of carbonyl (C=O) groups is 3. The maximum Gasteiger partial charge on any atom is 0.352 e. The molecule has 0 spiro atoms. The molecular formula is C17H23N4O5S2+. The van der Waals surface area contributed by atoms with Crippen LogP contribution in [-0.4, -0.2) is 58.7 Å². The first-order valence-electron chi connectivity index (χ1n) is 8.78. The molecular weight excluding hydrogens is 404 g/mol. The number of carbonyl (C=O) groups excluding carboxylic acids is 2. The lowest BCUT2D eigenvalue weighted by Crippen LogP contribution is -2.70. The van der Waals surface area contributed by atoms with Gasteiger partial charge in [-0.15, -0.1) is 11.8 Å². The second-order valence-corrected chi connectivity index (χ2v) is 8.71. The Morgan fingerprint density at radius 1 is 1.54 bits per heavy atom. The van der Waals surface area contributed by atoms with Gasteiger partial charge in [0.15, 0.2) is 0 Å². The first kappa shape index (κ1) is 20.6. The van der Waals surface area contributed by atoms with Gasteiger partial charge < -0.3 is 15.2 Å². The maximum absolute atomic E-state index is 12.9. The van der Waals surface area contributed by atoms with Crippen molar-refractivity contribution in [3.8, 4) is 0 Å². The standard InChI is InChI=1S/C17H22N4O5S2/c1-8-6-27-15-11(14(23)21(15)12(8)16(24)25)20-13(22)9(4-3-5-26-2)10-7-28-17(18)19-10/h7,9,11,15H,3-6H2,1-2H3,(H2,18,19)(H,20,22)(H,24,25)/p+1. The maximum atomic E-state index is 12.9. The predicted molar refractivity (Wildman–Crippen MR) is 104 cm³/mol. The minimum atomic E-state index is -1.12. The van der Waals surface area contributed by atoms with Crippen molar-refractivity contribution in [2.45, 2.75) is 37.1 Å². The van der Waals surface area contributed by atoms with Crippen molar-refractivity contribution >= 4 is 46.0 Å². The lowest BCUT2D eigenvalue weighted by molar-refractivity contribution is -0.368. The number of ether oxygens (including phenoxy) is 1. The van der Waals surface area contributed by atoms with Crippen molar-refractivity contribution in [1.82, 2.24) is 10.2 Å². The highest BCUT2D eigenvalue weighted by molar-refractivity contribution is 8.00. The van der Waals surface area contributed by atoms with Crippen molar-refractivity contribution in [2.24, 2.45) is 0 Å². The fraction of sp³-hybridized carbons (Fsp3) is 0.529. The number of anilines is 1. The summed E-state index contributed by atoms with van der Waals surface area (Å²) < 4.78 is 5.07. The van der Waals surface area contributed by atoms with Crippen LogP contribution in [0.1, 0.15) is 31.4 Å². The molecule has 0 aliphatic carbocycles. The highest BCUT2D eigenvalue weighted by atomic mass is 32.2. The molecule has 0 aromatic carbocycles. The topological polar surface area (TPSA) is 136 Å². The molecule has 1 aromatic heterocycles. The lowest BCUT2D eigenvalue weighted by atomic mass is 9.97. The van der Waals surface area contributed by atoms with Crippen LogP contribution in [0.15, 0.2) is 16.7 Å². The highest BCUT2D eigenvalue weighted by Crippen LogP contribution is 2.40. The Balaban J connectivity index is 1.72. The lowest BCUT2D eigenvalue weighted by Gasteiger charge is -2.49. The quantitative estimate of drug-likeness (QED) is 0.404. The summed E-state index contributed by atoms with van der Waals surface area (Å²) in [5, 5.41) is 14.1. The van der Waals surface area contributed by atoms with Gasteiger partial charge in [-0.1, -0.05) is 11.3 Å². The summed E-state index contributed by atoms with van der Waals surface area (Å²) in [7, 11) is 1.60. The molecule has 2 aliphatic rings. The number of rotatable bonds is 8.